The molecule has 6 heteroatoms. The van der Waals surface area contributed by atoms with Gasteiger partial charge in [-0.25, -0.2) is 4.39 Å². The van der Waals surface area contributed by atoms with Gasteiger partial charge >= 0.3 is 0 Å². The van der Waals surface area contributed by atoms with Crippen LogP contribution in [0.4, 0.5) is 4.39 Å². The molecule has 0 saturated carbocycles. The van der Waals surface area contributed by atoms with Crippen molar-refractivity contribution in [3.8, 4) is 11.8 Å². The van der Waals surface area contributed by atoms with Gasteiger partial charge in [0.15, 0.2) is 0 Å². The van der Waals surface area contributed by atoms with E-state index >= 15 is 0 Å². The fraction of sp³-hybridized carbons (Fsp3) is 0.333. The summed E-state index contributed by atoms with van der Waals surface area (Å²) < 4.78 is 14.0. The molecule has 5 nitrogen and oxygen atoms in total. The molecule has 1 aromatic rings. The van der Waals surface area contributed by atoms with Crippen LogP contribution in [0.25, 0.3) is 0 Å². The van der Waals surface area contributed by atoms with Gasteiger partial charge in [0.05, 0.1) is 18.7 Å². The second-order valence-electron chi connectivity index (χ2n) is 4.63. The zero-order chi connectivity index (χ0) is 15.2. The van der Waals surface area contributed by atoms with Crippen LogP contribution in [-0.4, -0.2) is 42.9 Å². The van der Waals surface area contributed by atoms with Crippen molar-refractivity contribution in [3.63, 3.8) is 0 Å². The summed E-state index contributed by atoms with van der Waals surface area (Å²) in [6, 6.07) is 4.16. The van der Waals surface area contributed by atoms with Gasteiger partial charge < -0.3 is 16.0 Å². The molecule has 3 N–H and O–H groups in total. The number of amides is 2. The maximum Gasteiger partial charge on any atom is 0.257 e. The number of hydrogen-bond acceptors (Lipinski definition) is 3. The van der Waals surface area contributed by atoms with Gasteiger partial charge in [0.25, 0.3) is 5.91 Å². The lowest BCUT2D eigenvalue weighted by molar-refractivity contribution is -0.121. The Morgan fingerprint density at radius 3 is 3.00 bits per heavy atom. The molecule has 0 aromatic heterocycles. The number of rotatable bonds is 1. The Morgan fingerprint density at radius 1 is 1.48 bits per heavy atom. The zero-order valence-corrected chi connectivity index (χ0v) is 11.5. The average molecular weight is 289 g/mol. The Bertz CT molecular complexity index is 619. The van der Waals surface area contributed by atoms with Crippen molar-refractivity contribution in [2.75, 3.05) is 26.2 Å². The summed E-state index contributed by atoms with van der Waals surface area (Å²) in [4.78, 5) is 25.1. The van der Waals surface area contributed by atoms with E-state index in [1.807, 2.05) is 0 Å². The third kappa shape index (κ3) is 3.80. The largest absolute Gasteiger partial charge is 0.354 e. The number of nitrogens with one attached hydrogen (secondary N) is 1. The number of halogens is 1. The van der Waals surface area contributed by atoms with Gasteiger partial charge in [-0.1, -0.05) is 11.8 Å². The third-order valence-corrected chi connectivity index (χ3v) is 3.08. The van der Waals surface area contributed by atoms with E-state index in [2.05, 4.69) is 17.2 Å². The SMILES string of the molecule is NCC#Cc1ccc(C(=O)N2CCCNC(=O)C2)c(F)c1. The van der Waals surface area contributed by atoms with Crippen molar-refractivity contribution in [2.24, 2.45) is 5.73 Å². The van der Waals surface area contributed by atoms with Gasteiger partial charge in [-0.15, -0.1) is 0 Å². The molecule has 0 spiro atoms. The van der Waals surface area contributed by atoms with Gasteiger partial charge in [0.1, 0.15) is 5.82 Å². The molecule has 2 rings (SSSR count). The summed E-state index contributed by atoms with van der Waals surface area (Å²) in [5.41, 5.74) is 5.66. The second kappa shape index (κ2) is 6.86. The summed E-state index contributed by atoms with van der Waals surface area (Å²) in [6.45, 7) is 1.09. The van der Waals surface area contributed by atoms with Crippen molar-refractivity contribution in [1.82, 2.24) is 10.2 Å². The van der Waals surface area contributed by atoms with Crippen molar-refractivity contribution >= 4 is 11.8 Å². The van der Waals surface area contributed by atoms with Crippen LogP contribution in [0.5, 0.6) is 0 Å². The van der Waals surface area contributed by atoms with Crippen molar-refractivity contribution in [1.29, 1.82) is 0 Å². The van der Waals surface area contributed by atoms with E-state index in [1.54, 1.807) is 6.07 Å². The topological polar surface area (TPSA) is 75.4 Å². The maximum atomic E-state index is 14.0. The molecule has 0 unspecified atom stereocenters. The molecule has 1 aromatic carbocycles. The van der Waals surface area contributed by atoms with Crippen LogP contribution in [0.2, 0.25) is 0 Å². The van der Waals surface area contributed by atoms with Crippen LogP contribution in [-0.2, 0) is 4.79 Å². The predicted molar refractivity (Wildman–Crippen MR) is 75.9 cm³/mol. The van der Waals surface area contributed by atoms with E-state index in [9.17, 15) is 14.0 Å². The number of nitrogens with zero attached hydrogens (tertiary/aromatic N) is 1. The number of carbonyl (C=O) groups is 2. The molecule has 0 aliphatic carbocycles. The Kier molecular flexibility index (Phi) is 4.90. The molecule has 1 heterocycles. The Hall–Kier alpha value is -2.39. The van der Waals surface area contributed by atoms with Crippen LogP contribution in [0.15, 0.2) is 18.2 Å². The number of nitrogens with two attached hydrogens (primary N) is 1. The molecular weight excluding hydrogens is 273 g/mol. The minimum atomic E-state index is -0.645. The highest BCUT2D eigenvalue weighted by Gasteiger charge is 2.23. The average Bonchev–Trinajstić information content (AvgIpc) is 2.69. The maximum absolute atomic E-state index is 14.0. The summed E-state index contributed by atoms with van der Waals surface area (Å²) in [5, 5.41) is 2.67. The third-order valence-electron chi connectivity index (χ3n) is 3.08. The first-order valence-electron chi connectivity index (χ1n) is 6.66. The standard InChI is InChI=1S/C15H16FN3O2/c16-13-9-11(3-1-6-17)4-5-12(13)15(21)19-8-2-7-18-14(20)10-19/h4-5,9H,2,6-8,10,17H2,(H,18,20). The molecule has 1 aliphatic heterocycles. The van der Waals surface area contributed by atoms with Crippen LogP contribution in [0.3, 0.4) is 0 Å². The van der Waals surface area contributed by atoms with E-state index in [-0.39, 0.29) is 24.6 Å². The first kappa shape index (κ1) is 15.0. The molecule has 1 aliphatic rings. The van der Waals surface area contributed by atoms with Crippen LogP contribution in [0.1, 0.15) is 22.3 Å². The van der Waals surface area contributed by atoms with E-state index in [1.165, 1.54) is 17.0 Å². The van der Waals surface area contributed by atoms with Crippen molar-refractivity contribution < 1.29 is 14.0 Å². The molecule has 0 atom stereocenters. The summed E-state index contributed by atoms with van der Waals surface area (Å²) in [7, 11) is 0. The lowest BCUT2D eigenvalue weighted by Gasteiger charge is -2.19. The Morgan fingerprint density at radius 2 is 2.29 bits per heavy atom. The lowest BCUT2D eigenvalue weighted by Crippen LogP contribution is -2.37. The molecule has 21 heavy (non-hydrogen) atoms. The van der Waals surface area contributed by atoms with Crippen LogP contribution < -0.4 is 11.1 Å². The lowest BCUT2D eigenvalue weighted by atomic mass is 10.1. The van der Waals surface area contributed by atoms with Crippen molar-refractivity contribution in [3.05, 3.63) is 35.1 Å². The van der Waals surface area contributed by atoms with Gasteiger partial charge in [-0.2, -0.15) is 0 Å². The minimum absolute atomic E-state index is 0.0486. The fourth-order valence-corrected chi connectivity index (χ4v) is 2.07. The number of carbonyl (C=O) groups excluding carboxylic acids is 2. The fourth-order valence-electron chi connectivity index (χ4n) is 2.07. The molecule has 1 saturated heterocycles. The normalized spacial score (nSPS) is 14.8. The quantitative estimate of drug-likeness (QED) is 0.720. The first-order chi connectivity index (χ1) is 10.1. The zero-order valence-electron chi connectivity index (χ0n) is 11.5. The van der Waals surface area contributed by atoms with E-state index < -0.39 is 11.7 Å². The summed E-state index contributed by atoms with van der Waals surface area (Å²) in [5.74, 6) is 3.97. The van der Waals surface area contributed by atoms with E-state index in [0.29, 0.717) is 25.1 Å². The molecular formula is C15H16FN3O2. The minimum Gasteiger partial charge on any atom is -0.354 e. The second-order valence-corrected chi connectivity index (χ2v) is 4.63. The van der Waals surface area contributed by atoms with E-state index in [4.69, 9.17) is 5.73 Å². The van der Waals surface area contributed by atoms with Gasteiger partial charge in [-0.05, 0) is 24.6 Å². The summed E-state index contributed by atoms with van der Waals surface area (Å²) in [6.07, 6.45) is 0.652. The molecule has 0 bridgehead atoms. The van der Waals surface area contributed by atoms with Gasteiger partial charge in [0.2, 0.25) is 5.91 Å². The predicted octanol–water partition coefficient (Wildman–Crippen LogP) is 0.0980. The Labute approximate surface area is 122 Å². The monoisotopic (exact) mass is 289 g/mol. The highest BCUT2D eigenvalue weighted by molar-refractivity contribution is 5.97. The number of hydrogen-bond donors (Lipinski definition) is 2. The number of benzene rings is 1. The summed E-state index contributed by atoms with van der Waals surface area (Å²) >= 11 is 0. The molecule has 110 valence electrons. The van der Waals surface area contributed by atoms with Gasteiger partial charge in [-0.3, -0.25) is 9.59 Å². The van der Waals surface area contributed by atoms with Crippen molar-refractivity contribution in [2.45, 2.75) is 6.42 Å². The van der Waals surface area contributed by atoms with Crippen LogP contribution in [0, 0.1) is 17.7 Å². The molecule has 2 amide bonds. The van der Waals surface area contributed by atoms with Gasteiger partial charge in [0, 0.05) is 18.7 Å². The highest BCUT2D eigenvalue weighted by Crippen LogP contribution is 2.13. The van der Waals surface area contributed by atoms with Crippen LogP contribution >= 0.6 is 0 Å². The smallest absolute Gasteiger partial charge is 0.257 e. The molecule has 0 radical (unpaired) electrons. The molecule has 1 fully saturated rings. The first-order valence-corrected chi connectivity index (χ1v) is 6.66. The highest BCUT2D eigenvalue weighted by atomic mass is 19.1. The Balaban J connectivity index is 2.20. The van der Waals surface area contributed by atoms with E-state index in [0.717, 1.165) is 0 Å².